The number of amides is 1. The molecule has 7 nitrogen and oxygen atoms in total. The summed E-state index contributed by atoms with van der Waals surface area (Å²) >= 11 is 0. The third-order valence-corrected chi connectivity index (χ3v) is 7.56. The lowest BCUT2D eigenvalue weighted by atomic mass is 9.89. The number of ketones is 1. The summed E-state index contributed by atoms with van der Waals surface area (Å²) in [6.07, 6.45) is 11.0. The highest BCUT2D eigenvalue weighted by atomic mass is 16.5. The molecule has 1 aliphatic carbocycles. The zero-order valence-corrected chi connectivity index (χ0v) is 22.7. The number of aromatic nitrogens is 2. The Morgan fingerprint density at radius 3 is 2.55 bits per heavy atom. The smallest absolute Gasteiger partial charge is 0.270 e. The molecule has 40 heavy (non-hydrogen) atoms. The number of carbonyl (C=O) groups excluding carboxylic acids is 2. The van der Waals surface area contributed by atoms with Gasteiger partial charge in [-0.3, -0.25) is 14.6 Å². The third kappa shape index (κ3) is 6.24. The van der Waals surface area contributed by atoms with E-state index < -0.39 is 0 Å². The average molecular weight is 535 g/mol. The zero-order valence-electron chi connectivity index (χ0n) is 22.7. The largest absolute Gasteiger partial charge is 0.481 e. The zero-order chi connectivity index (χ0) is 27.9. The molecule has 0 bridgehead atoms. The van der Waals surface area contributed by atoms with Crippen LogP contribution in [0.1, 0.15) is 64.6 Å². The monoisotopic (exact) mass is 534 g/mol. The molecule has 0 saturated heterocycles. The maximum atomic E-state index is 13.4. The standard InChI is InChI=1S/C33H34N4O3/c1-3-19-40-28-16-14-25(15-17-28)32(38)24-12-10-23(11-13-24)22-35-26-7-5-8-27(20-26)37(4-2)33(39)31-21-30-29(36-31)9-6-18-34-30/h1,6,9-18,21,26-27,35-36H,4-5,7-8,19-20,22H2,2H3/t26-,27+/m1/s1. The van der Waals surface area contributed by atoms with Crippen molar-refractivity contribution in [1.29, 1.82) is 0 Å². The molecule has 0 radical (unpaired) electrons. The first-order valence-electron chi connectivity index (χ1n) is 13.8. The van der Waals surface area contributed by atoms with Gasteiger partial charge in [0.05, 0.1) is 11.0 Å². The van der Waals surface area contributed by atoms with Crippen molar-refractivity contribution < 1.29 is 14.3 Å². The number of benzene rings is 2. The molecule has 2 N–H and O–H groups in total. The molecule has 2 aromatic carbocycles. The van der Waals surface area contributed by atoms with Crippen LogP contribution in [0.15, 0.2) is 72.9 Å². The van der Waals surface area contributed by atoms with Gasteiger partial charge in [-0.2, -0.15) is 0 Å². The SMILES string of the molecule is C#CCOc1ccc(C(=O)c2ccc(CN[C@@H]3CCC[C@H](N(CC)C(=O)c4cc5ncccc5[nH]4)C3)cc2)cc1. The van der Waals surface area contributed by atoms with Gasteiger partial charge in [0.25, 0.3) is 5.91 Å². The van der Waals surface area contributed by atoms with Gasteiger partial charge in [0.2, 0.25) is 0 Å². The fraction of sp³-hybridized carbons (Fsp3) is 0.303. The molecule has 7 heteroatoms. The van der Waals surface area contributed by atoms with Gasteiger partial charge in [0.15, 0.2) is 5.78 Å². The minimum Gasteiger partial charge on any atom is -0.481 e. The van der Waals surface area contributed by atoms with E-state index in [2.05, 4.69) is 21.2 Å². The highest BCUT2D eigenvalue weighted by Crippen LogP contribution is 2.26. The van der Waals surface area contributed by atoms with Crippen molar-refractivity contribution in [2.24, 2.45) is 0 Å². The lowest BCUT2D eigenvalue weighted by Gasteiger charge is -2.37. The number of nitrogens with one attached hydrogen (secondary N) is 2. The van der Waals surface area contributed by atoms with Crippen molar-refractivity contribution in [3.8, 4) is 18.1 Å². The first-order chi connectivity index (χ1) is 19.6. The van der Waals surface area contributed by atoms with E-state index in [9.17, 15) is 9.59 Å². The summed E-state index contributed by atoms with van der Waals surface area (Å²) in [5, 5.41) is 3.68. The number of hydrogen-bond acceptors (Lipinski definition) is 5. The number of carbonyl (C=O) groups is 2. The van der Waals surface area contributed by atoms with Crippen LogP contribution in [-0.4, -0.2) is 51.8 Å². The Hall–Kier alpha value is -4.41. The predicted molar refractivity (Wildman–Crippen MR) is 156 cm³/mol. The van der Waals surface area contributed by atoms with Crippen LogP contribution in [0.4, 0.5) is 0 Å². The Kier molecular flexibility index (Phi) is 8.58. The van der Waals surface area contributed by atoms with Gasteiger partial charge in [0.1, 0.15) is 18.1 Å². The number of H-pyrrole nitrogens is 1. The molecule has 5 rings (SSSR count). The van der Waals surface area contributed by atoms with Crippen LogP contribution < -0.4 is 10.1 Å². The average Bonchev–Trinajstić information content (AvgIpc) is 3.44. The molecule has 2 atom stereocenters. The number of hydrogen-bond donors (Lipinski definition) is 2. The molecule has 0 aliphatic heterocycles. The Labute approximate surface area is 235 Å². The van der Waals surface area contributed by atoms with E-state index in [0.717, 1.165) is 42.3 Å². The van der Waals surface area contributed by atoms with Crippen LogP contribution in [0.5, 0.6) is 5.75 Å². The van der Waals surface area contributed by atoms with E-state index in [-0.39, 0.29) is 24.3 Å². The Morgan fingerprint density at radius 1 is 1.10 bits per heavy atom. The van der Waals surface area contributed by atoms with E-state index in [4.69, 9.17) is 11.2 Å². The van der Waals surface area contributed by atoms with E-state index in [1.54, 1.807) is 30.5 Å². The van der Waals surface area contributed by atoms with Crippen LogP contribution in [-0.2, 0) is 6.54 Å². The number of fused-ring (bicyclic) bond motifs is 1. The molecule has 1 saturated carbocycles. The molecule has 1 amide bonds. The van der Waals surface area contributed by atoms with Gasteiger partial charge in [-0.1, -0.05) is 30.2 Å². The molecule has 2 aromatic heterocycles. The van der Waals surface area contributed by atoms with Crippen molar-refractivity contribution in [2.75, 3.05) is 13.2 Å². The van der Waals surface area contributed by atoms with Gasteiger partial charge < -0.3 is 19.9 Å². The Bertz CT molecular complexity index is 1470. The third-order valence-electron chi connectivity index (χ3n) is 7.56. The fourth-order valence-corrected chi connectivity index (χ4v) is 5.46. The number of nitrogens with zero attached hydrogens (tertiary/aromatic N) is 2. The molecule has 0 unspecified atom stereocenters. The number of rotatable bonds is 10. The summed E-state index contributed by atoms with van der Waals surface area (Å²) in [4.78, 5) is 35.9. The second-order valence-corrected chi connectivity index (χ2v) is 10.2. The lowest BCUT2D eigenvalue weighted by Crippen LogP contribution is -2.46. The molecule has 2 heterocycles. The molecule has 4 aromatic rings. The fourth-order valence-electron chi connectivity index (χ4n) is 5.46. The number of terminal acetylenes is 1. The summed E-state index contributed by atoms with van der Waals surface area (Å²) in [7, 11) is 0. The van der Waals surface area contributed by atoms with Gasteiger partial charge in [0, 0.05) is 42.5 Å². The van der Waals surface area contributed by atoms with Crippen molar-refractivity contribution >= 4 is 22.7 Å². The first-order valence-corrected chi connectivity index (χ1v) is 13.8. The second kappa shape index (κ2) is 12.6. The van der Waals surface area contributed by atoms with Crippen LogP contribution in [0, 0.1) is 12.3 Å². The summed E-state index contributed by atoms with van der Waals surface area (Å²) < 4.78 is 5.38. The highest BCUT2D eigenvalue weighted by molar-refractivity contribution is 6.09. The summed E-state index contributed by atoms with van der Waals surface area (Å²) in [6, 6.07) is 20.9. The van der Waals surface area contributed by atoms with Gasteiger partial charge >= 0.3 is 0 Å². The van der Waals surface area contributed by atoms with Gasteiger partial charge in [-0.25, -0.2) is 0 Å². The quantitative estimate of drug-likeness (QED) is 0.211. The molecular formula is C33H34N4O3. The summed E-state index contributed by atoms with van der Waals surface area (Å²) in [6.45, 7) is 3.61. The molecule has 1 aliphatic rings. The van der Waals surface area contributed by atoms with Crippen molar-refractivity contribution in [2.45, 2.75) is 51.2 Å². The minimum absolute atomic E-state index is 0.0288. The molecular weight excluding hydrogens is 500 g/mol. The van der Waals surface area contributed by atoms with E-state index >= 15 is 0 Å². The van der Waals surface area contributed by atoms with Crippen LogP contribution in [0.25, 0.3) is 11.0 Å². The van der Waals surface area contributed by atoms with E-state index in [0.29, 0.717) is 41.7 Å². The molecule has 1 fully saturated rings. The van der Waals surface area contributed by atoms with Crippen LogP contribution in [0.3, 0.4) is 0 Å². The maximum Gasteiger partial charge on any atom is 0.270 e. The van der Waals surface area contributed by atoms with Crippen LogP contribution in [0.2, 0.25) is 0 Å². The molecule has 0 spiro atoms. The number of ether oxygens (including phenoxy) is 1. The number of pyridine rings is 1. The van der Waals surface area contributed by atoms with Gasteiger partial charge in [-0.05, 0) is 80.6 Å². The topological polar surface area (TPSA) is 87.3 Å². The number of aromatic amines is 1. The van der Waals surface area contributed by atoms with Gasteiger partial charge in [-0.15, -0.1) is 6.42 Å². The van der Waals surface area contributed by atoms with Crippen LogP contribution >= 0.6 is 0 Å². The Morgan fingerprint density at radius 2 is 1.85 bits per heavy atom. The predicted octanol–water partition coefficient (Wildman–Crippen LogP) is 5.37. The lowest BCUT2D eigenvalue weighted by molar-refractivity contribution is 0.0623. The van der Waals surface area contributed by atoms with Crippen molar-refractivity contribution in [3.05, 3.63) is 95.3 Å². The van der Waals surface area contributed by atoms with E-state index in [1.165, 1.54) is 0 Å². The second-order valence-electron chi connectivity index (χ2n) is 10.2. The summed E-state index contributed by atoms with van der Waals surface area (Å²) in [5.74, 6) is 3.06. The summed E-state index contributed by atoms with van der Waals surface area (Å²) in [5.41, 5.74) is 4.64. The van der Waals surface area contributed by atoms with E-state index in [1.807, 2.05) is 54.3 Å². The minimum atomic E-state index is -0.0341. The van der Waals surface area contributed by atoms with Crippen molar-refractivity contribution in [1.82, 2.24) is 20.2 Å². The maximum absolute atomic E-state index is 13.4. The molecule has 204 valence electrons. The van der Waals surface area contributed by atoms with Crippen molar-refractivity contribution in [3.63, 3.8) is 0 Å². The normalized spacial score (nSPS) is 16.8. The highest BCUT2D eigenvalue weighted by Gasteiger charge is 2.30. The Balaban J connectivity index is 1.16. The first kappa shape index (κ1) is 27.2.